The molecule has 2 aromatic carbocycles. The van der Waals surface area contributed by atoms with Gasteiger partial charge in [-0.05, 0) is 55.0 Å². The fraction of sp³-hybridized carbons (Fsp3) is 0.105. The Morgan fingerprint density at radius 3 is 2.64 bits per heavy atom. The highest BCUT2D eigenvalue weighted by Gasteiger charge is 2.07. The van der Waals surface area contributed by atoms with Gasteiger partial charge in [0, 0.05) is 11.8 Å². The van der Waals surface area contributed by atoms with Gasteiger partial charge in [-0.1, -0.05) is 36.4 Å². The summed E-state index contributed by atoms with van der Waals surface area (Å²) in [7, 11) is 0. The van der Waals surface area contributed by atoms with E-state index in [0.29, 0.717) is 17.2 Å². The molecule has 0 aliphatic rings. The largest absolute Gasteiger partial charge is 0.494 e. The van der Waals surface area contributed by atoms with Crippen molar-refractivity contribution in [1.29, 1.82) is 0 Å². The van der Waals surface area contributed by atoms with Crippen molar-refractivity contribution in [3.05, 3.63) is 71.0 Å². The topological polar surface area (TPSA) is 55.2 Å². The minimum atomic E-state index is 0.438. The molecule has 0 aliphatic carbocycles. The van der Waals surface area contributed by atoms with E-state index >= 15 is 0 Å². The van der Waals surface area contributed by atoms with Crippen LogP contribution in [-0.2, 0) is 0 Å². The minimum absolute atomic E-state index is 0.438. The van der Waals surface area contributed by atoms with Crippen LogP contribution in [0.1, 0.15) is 12.5 Å². The smallest absolute Gasteiger partial charge is 0.216 e. The summed E-state index contributed by atoms with van der Waals surface area (Å²) in [6, 6.07) is 17.7. The highest BCUT2D eigenvalue weighted by molar-refractivity contribution is 7.71. The van der Waals surface area contributed by atoms with Gasteiger partial charge in [-0.3, -0.25) is 0 Å². The lowest BCUT2D eigenvalue weighted by molar-refractivity contribution is 0.340. The average Bonchev–Trinajstić information content (AvgIpc) is 3.01. The molecule has 0 spiro atoms. The van der Waals surface area contributed by atoms with E-state index in [2.05, 4.69) is 15.3 Å². The molecule has 0 atom stereocenters. The van der Waals surface area contributed by atoms with Gasteiger partial charge in [0.1, 0.15) is 5.75 Å². The summed E-state index contributed by atoms with van der Waals surface area (Å²) in [4.78, 5) is 0. The molecule has 0 saturated heterocycles. The van der Waals surface area contributed by atoms with Crippen molar-refractivity contribution in [2.75, 3.05) is 6.61 Å². The molecule has 0 aliphatic heterocycles. The first-order valence-electron chi connectivity index (χ1n) is 7.94. The Morgan fingerprint density at radius 2 is 1.92 bits per heavy atom. The maximum atomic E-state index is 5.46. The molecule has 0 unspecified atom stereocenters. The Morgan fingerprint density at radius 1 is 1.16 bits per heavy atom. The second-order valence-electron chi connectivity index (χ2n) is 5.16. The first-order chi connectivity index (χ1) is 12.3. The molecule has 1 aromatic heterocycles. The number of ether oxygens (including phenoxy) is 1. The molecule has 1 N–H and O–H groups in total. The molecule has 5 nitrogen and oxygen atoms in total. The van der Waals surface area contributed by atoms with E-state index in [-0.39, 0.29) is 0 Å². The monoisotopic (exact) mass is 350 g/mol. The Labute approximate surface area is 151 Å². The van der Waals surface area contributed by atoms with E-state index in [1.165, 1.54) is 0 Å². The van der Waals surface area contributed by atoms with Gasteiger partial charge in [0.05, 0.1) is 6.61 Å². The minimum Gasteiger partial charge on any atom is -0.494 e. The van der Waals surface area contributed by atoms with Gasteiger partial charge in [0.15, 0.2) is 5.82 Å². The van der Waals surface area contributed by atoms with Crippen LogP contribution in [0.5, 0.6) is 5.75 Å². The van der Waals surface area contributed by atoms with Crippen LogP contribution in [0.4, 0.5) is 0 Å². The molecule has 0 amide bonds. The van der Waals surface area contributed by atoms with Gasteiger partial charge in [-0.15, -0.1) is 0 Å². The number of H-pyrrole nitrogens is 1. The average molecular weight is 350 g/mol. The lowest BCUT2D eigenvalue weighted by Gasteiger charge is -2.04. The first-order valence-corrected chi connectivity index (χ1v) is 8.35. The molecule has 0 saturated carbocycles. The Hall–Kier alpha value is -2.99. The summed E-state index contributed by atoms with van der Waals surface area (Å²) in [5.74, 6) is 1.47. The Balaban J connectivity index is 1.81. The zero-order valence-electron chi connectivity index (χ0n) is 13.8. The van der Waals surface area contributed by atoms with Crippen LogP contribution in [0.25, 0.3) is 17.5 Å². The number of benzene rings is 2. The van der Waals surface area contributed by atoms with Gasteiger partial charge in [0.25, 0.3) is 0 Å². The van der Waals surface area contributed by atoms with E-state index in [1.807, 2.05) is 73.7 Å². The van der Waals surface area contributed by atoms with E-state index < -0.39 is 0 Å². The molecule has 3 rings (SSSR count). The molecule has 3 aromatic rings. The summed E-state index contributed by atoms with van der Waals surface area (Å²) >= 11 is 5.27. The molecular formula is C19H18N4OS. The van der Waals surface area contributed by atoms with Crippen LogP contribution in [0.15, 0.2) is 65.8 Å². The summed E-state index contributed by atoms with van der Waals surface area (Å²) < 4.78 is 7.50. The van der Waals surface area contributed by atoms with Crippen molar-refractivity contribution in [2.45, 2.75) is 6.92 Å². The zero-order valence-corrected chi connectivity index (χ0v) is 14.6. The fourth-order valence-electron chi connectivity index (χ4n) is 2.28. The van der Waals surface area contributed by atoms with E-state index in [4.69, 9.17) is 17.0 Å². The van der Waals surface area contributed by atoms with Gasteiger partial charge in [-0.2, -0.15) is 14.9 Å². The van der Waals surface area contributed by atoms with Gasteiger partial charge < -0.3 is 4.74 Å². The van der Waals surface area contributed by atoms with Crippen molar-refractivity contribution < 1.29 is 4.74 Å². The number of aromatic amines is 1. The second-order valence-corrected chi connectivity index (χ2v) is 5.54. The lowest BCUT2D eigenvalue weighted by Crippen LogP contribution is -1.95. The summed E-state index contributed by atoms with van der Waals surface area (Å²) in [5.41, 5.74) is 2.01. The van der Waals surface area contributed by atoms with Crippen LogP contribution >= 0.6 is 12.2 Å². The highest BCUT2D eigenvalue weighted by Crippen LogP contribution is 2.21. The van der Waals surface area contributed by atoms with Crippen LogP contribution in [0.3, 0.4) is 0 Å². The molecule has 1 heterocycles. The van der Waals surface area contributed by atoms with Crippen molar-refractivity contribution in [3.63, 3.8) is 0 Å². The molecule has 6 heteroatoms. The van der Waals surface area contributed by atoms with E-state index in [0.717, 1.165) is 16.9 Å². The summed E-state index contributed by atoms with van der Waals surface area (Å²) in [5, 5.41) is 11.4. The maximum absolute atomic E-state index is 5.46. The molecular weight excluding hydrogens is 332 g/mol. The van der Waals surface area contributed by atoms with Crippen LogP contribution in [-0.4, -0.2) is 27.7 Å². The summed E-state index contributed by atoms with van der Waals surface area (Å²) in [6.45, 7) is 2.59. The van der Waals surface area contributed by atoms with Gasteiger partial charge in [-0.25, -0.2) is 5.10 Å². The van der Waals surface area contributed by atoms with Crippen LogP contribution in [0, 0.1) is 4.77 Å². The van der Waals surface area contributed by atoms with Crippen molar-refractivity contribution >= 4 is 24.5 Å². The lowest BCUT2D eigenvalue weighted by atomic mass is 10.2. The molecule has 0 fully saturated rings. The number of nitrogens with one attached hydrogen (secondary N) is 1. The zero-order chi connectivity index (χ0) is 17.5. The molecule has 126 valence electrons. The number of allylic oxidation sites excluding steroid dienone is 1. The number of aromatic nitrogens is 3. The molecule has 25 heavy (non-hydrogen) atoms. The Kier molecular flexibility index (Phi) is 5.53. The standard InChI is InChI=1S/C19H18N4OS/c1-2-24-17-12-10-16(11-13-17)18-21-22-19(25)23(18)20-14-6-9-15-7-4-3-5-8-15/h3-14H,2H2,1H3,(H,22,25). The third-order valence-electron chi connectivity index (χ3n) is 3.43. The third kappa shape index (κ3) is 4.30. The van der Waals surface area contributed by atoms with Gasteiger partial charge >= 0.3 is 0 Å². The maximum Gasteiger partial charge on any atom is 0.216 e. The van der Waals surface area contributed by atoms with Crippen molar-refractivity contribution in [3.8, 4) is 17.1 Å². The predicted octanol–water partition coefficient (Wildman–Crippen LogP) is 4.55. The fourth-order valence-corrected chi connectivity index (χ4v) is 2.46. The highest BCUT2D eigenvalue weighted by atomic mass is 32.1. The van der Waals surface area contributed by atoms with Gasteiger partial charge in [0.2, 0.25) is 4.77 Å². The second kappa shape index (κ2) is 8.21. The quantitative estimate of drug-likeness (QED) is 0.524. The van der Waals surface area contributed by atoms with E-state index in [9.17, 15) is 0 Å². The van der Waals surface area contributed by atoms with Crippen LogP contribution in [0.2, 0.25) is 0 Å². The van der Waals surface area contributed by atoms with E-state index in [1.54, 1.807) is 10.9 Å². The normalized spacial score (nSPS) is 11.4. The SMILES string of the molecule is CCOc1ccc(-c2n[nH]c(=S)n2N=CC=Cc2ccccc2)cc1. The molecule has 0 bridgehead atoms. The number of nitrogens with zero attached hydrogens (tertiary/aromatic N) is 3. The first kappa shape index (κ1) is 16.9. The van der Waals surface area contributed by atoms with Crippen molar-refractivity contribution in [2.24, 2.45) is 5.10 Å². The van der Waals surface area contributed by atoms with Crippen molar-refractivity contribution in [1.82, 2.24) is 14.9 Å². The summed E-state index contributed by atoms with van der Waals surface area (Å²) in [6.07, 6.45) is 5.53. The number of rotatable bonds is 6. The Bertz CT molecular complexity index is 924. The molecule has 0 radical (unpaired) electrons. The number of hydrogen-bond donors (Lipinski definition) is 1. The van der Waals surface area contributed by atoms with Crippen LogP contribution < -0.4 is 4.74 Å². The number of hydrogen-bond acceptors (Lipinski definition) is 4. The predicted molar refractivity (Wildman–Crippen MR) is 103 cm³/mol. The third-order valence-corrected chi connectivity index (χ3v) is 3.69.